The average molecular weight is 196 g/mol. The van der Waals surface area contributed by atoms with E-state index < -0.39 is 0 Å². The molecule has 56 valence electrons. The van der Waals surface area contributed by atoms with Crippen LogP contribution in [0.25, 0.3) is 0 Å². The lowest BCUT2D eigenvalue weighted by molar-refractivity contribution is 2.05. The normalized spacial score (nSPS) is 10.2. The molecule has 2 heterocycles. The Kier molecular flexibility index (Phi) is 2.21. The van der Waals surface area contributed by atoms with Crippen LogP contribution in [-0.2, 0) is 0 Å². The number of hydrogen-bond donors (Lipinski definition) is 0. The molecule has 0 N–H and O–H groups in total. The predicted octanol–water partition coefficient (Wildman–Crippen LogP) is 0.929. The van der Waals surface area contributed by atoms with Gasteiger partial charge in [0.2, 0.25) is 0 Å². The van der Waals surface area contributed by atoms with E-state index in [1.807, 2.05) is 22.7 Å². The molecule has 0 saturated heterocycles. The van der Waals surface area contributed by atoms with E-state index in [1.165, 1.54) is 0 Å². The van der Waals surface area contributed by atoms with Gasteiger partial charge in [0.25, 0.3) is 0 Å². The molecule has 0 unspecified atom stereocenters. The Hall–Kier alpha value is -0.383. The highest BCUT2D eigenvalue weighted by Crippen LogP contribution is 1.95. The van der Waals surface area contributed by atoms with E-state index in [9.17, 15) is 0 Å². The maximum Gasteiger partial charge on any atom is 0.113 e. The molecule has 0 nitrogen and oxygen atoms in total. The number of thiophene rings is 2. The van der Waals surface area contributed by atoms with Gasteiger partial charge in [-0.05, 0) is 19.8 Å². The van der Waals surface area contributed by atoms with Gasteiger partial charge in [0.15, 0.2) is 0 Å². The van der Waals surface area contributed by atoms with Crippen LogP contribution in [0, 0.1) is 0 Å². The van der Waals surface area contributed by atoms with Crippen molar-refractivity contribution in [2.45, 2.75) is 0 Å². The Bertz CT molecular complexity index is 264. The van der Waals surface area contributed by atoms with Gasteiger partial charge >= 0.3 is 0 Å². The van der Waals surface area contributed by atoms with E-state index in [4.69, 9.17) is 0 Å². The van der Waals surface area contributed by atoms with E-state index in [0.29, 0.717) is 0 Å². The quantitative estimate of drug-likeness (QED) is 0.627. The first kappa shape index (κ1) is 7.28. The van der Waals surface area contributed by atoms with Crippen molar-refractivity contribution in [1.29, 1.82) is 0 Å². The average Bonchev–Trinajstić information content (AvgIpc) is 2.60. The molecule has 0 amide bonds. The van der Waals surface area contributed by atoms with Gasteiger partial charge in [0, 0.05) is 0 Å². The third kappa shape index (κ3) is 1.80. The molecule has 0 aliphatic heterocycles. The van der Waals surface area contributed by atoms with E-state index in [2.05, 4.69) is 35.0 Å². The number of rotatable bonds is 2. The number of hydrogen-bond acceptors (Lipinski definition) is 2. The van der Waals surface area contributed by atoms with Gasteiger partial charge in [-0.2, -0.15) is 22.7 Å². The van der Waals surface area contributed by atoms with E-state index in [0.717, 1.165) is 0 Å². The van der Waals surface area contributed by atoms with Crippen LogP contribution in [0.3, 0.4) is 0 Å². The molecule has 0 aliphatic carbocycles. The lowest BCUT2D eigenvalue weighted by atomic mass is 10.7. The standard InChI is InChI=1S/C8H8S2Si/c1-3-7(9-5-1)11-8-4-2-6-10-8/h1-6H,11H2. The summed E-state index contributed by atoms with van der Waals surface area (Å²) in [5, 5.41) is 4.33. The topological polar surface area (TPSA) is 0 Å². The molecule has 2 rings (SSSR count). The summed E-state index contributed by atoms with van der Waals surface area (Å²) in [4.78, 5) is 0. The lowest BCUT2D eigenvalue weighted by Gasteiger charge is -1.88. The van der Waals surface area contributed by atoms with Crippen LogP contribution in [0.1, 0.15) is 0 Å². The largest absolute Gasteiger partial charge is 0.154 e. The first-order chi connectivity index (χ1) is 5.45. The zero-order valence-corrected chi connectivity index (χ0v) is 9.03. The fourth-order valence-electron chi connectivity index (χ4n) is 0.998. The van der Waals surface area contributed by atoms with Crippen molar-refractivity contribution < 1.29 is 0 Å². The minimum absolute atomic E-state index is 0.113. The highest BCUT2D eigenvalue weighted by atomic mass is 32.1. The Morgan fingerprint density at radius 2 is 1.45 bits per heavy atom. The van der Waals surface area contributed by atoms with Crippen molar-refractivity contribution in [3.8, 4) is 0 Å². The second kappa shape index (κ2) is 3.34. The molecule has 0 spiro atoms. The minimum atomic E-state index is -0.113. The summed E-state index contributed by atoms with van der Waals surface area (Å²) in [6.07, 6.45) is 0. The van der Waals surface area contributed by atoms with E-state index >= 15 is 0 Å². The zero-order chi connectivity index (χ0) is 7.52. The monoisotopic (exact) mass is 196 g/mol. The summed E-state index contributed by atoms with van der Waals surface area (Å²) in [6, 6.07) is 8.77. The second-order valence-electron chi connectivity index (χ2n) is 2.34. The van der Waals surface area contributed by atoms with Crippen LogP contribution in [0.2, 0.25) is 0 Å². The molecule has 0 saturated carbocycles. The molecule has 11 heavy (non-hydrogen) atoms. The molecule has 0 radical (unpaired) electrons. The van der Waals surface area contributed by atoms with Crippen LogP contribution >= 0.6 is 22.7 Å². The van der Waals surface area contributed by atoms with Crippen molar-refractivity contribution in [3.63, 3.8) is 0 Å². The van der Waals surface area contributed by atoms with Crippen LogP contribution in [0.5, 0.6) is 0 Å². The van der Waals surface area contributed by atoms with Crippen molar-refractivity contribution in [3.05, 3.63) is 35.0 Å². The highest BCUT2D eigenvalue weighted by Gasteiger charge is 1.97. The fourth-order valence-corrected chi connectivity index (χ4v) is 5.28. The summed E-state index contributed by atoms with van der Waals surface area (Å²) in [5.74, 6) is 0. The Morgan fingerprint density at radius 1 is 0.909 bits per heavy atom. The van der Waals surface area contributed by atoms with Crippen molar-refractivity contribution in [1.82, 2.24) is 0 Å². The summed E-state index contributed by atoms with van der Waals surface area (Å²) < 4.78 is 3.18. The maximum atomic E-state index is 2.25. The van der Waals surface area contributed by atoms with Gasteiger partial charge in [0.05, 0.1) is 0 Å². The Labute approximate surface area is 76.3 Å². The Balaban J connectivity index is 2.14. The Morgan fingerprint density at radius 3 is 1.82 bits per heavy atom. The molecule has 2 aromatic heterocycles. The molecule has 0 aliphatic rings. The minimum Gasteiger partial charge on any atom is -0.154 e. The summed E-state index contributed by atoms with van der Waals surface area (Å²) in [7, 11) is -0.113. The summed E-state index contributed by atoms with van der Waals surface area (Å²) in [5.41, 5.74) is 0. The van der Waals surface area contributed by atoms with Crippen molar-refractivity contribution >= 4 is 41.2 Å². The predicted molar refractivity (Wildman–Crippen MR) is 56.5 cm³/mol. The van der Waals surface area contributed by atoms with Gasteiger partial charge in [0.1, 0.15) is 9.52 Å². The molecule has 3 heteroatoms. The molecule has 0 bridgehead atoms. The fraction of sp³-hybridized carbons (Fsp3) is 0. The molecule has 0 aromatic carbocycles. The third-order valence-corrected chi connectivity index (χ3v) is 6.01. The maximum absolute atomic E-state index is 2.25. The third-order valence-electron chi connectivity index (χ3n) is 1.51. The summed E-state index contributed by atoms with van der Waals surface area (Å²) >= 11 is 3.78. The van der Waals surface area contributed by atoms with Crippen LogP contribution < -0.4 is 9.00 Å². The van der Waals surface area contributed by atoms with E-state index in [-0.39, 0.29) is 9.52 Å². The molecule has 2 aromatic rings. The SMILES string of the molecule is c1csc([SiH2]c2cccs2)c1. The van der Waals surface area contributed by atoms with Crippen molar-refractivity contribution in [2.24, 2.45) is 0 Å². The van der Waals surface area contributed by atoms with Crippen LogP contribution in [-0.4, -0.2) is 9.52 Å². The van der Waals surface area contributed by atoms with Gasteiger partial charge in [-0.1, -0.05) is 24.3 Å². The summed E-state index contributed by atoms with van der Waals surface area (Å²) in [6.45, 7) is 0. The second-order valence-corrected chi connectivity index (χ2v) is 7.30. The first-order valence-corrected chi connectivity index (χ1v) is 6.67. The molecule has 0 fully saturated rings. The van der Waals surface area contributed by atoms with Crippen LogP contribution in [0.4, 0.5) is 0 Å². The van der Waals surface area contributed by atoms with Crippen LogP contribution in [0.15, 0.2) is 35.0 Å². The zero-order valence-electron chi connectivity index (χ0n) is 5.99. The van der Waals surface area contributed by atoms with Crippen molar-refractivity contribution in [2.75, 3.05) is 0 Å². The molecule has 0 atom stereocenters. The van der Waals surface area contributed by atoms with Gasteiger partial charge < -0.3 is 0 Å². The smallest absolute Gasteiger partial charge is 0.113 e. The highest BCUT2D eigenvalue weighted by molar-refractivity contribution is 7.27. The molecular weight excluding hydrogens is 188 g/mol. The van der Waals surface area contributed by atoms with E-state index in [1.54, 1.807) is 9.00 Å². The van der Waals surface area contributed by atoms with Gasteiger partial charge in [-0.15, -0.1) is 0 Å². The first-order valence-electron chi connectivity index (χ1n) is 3.50. The molecular formula is C8H8S2Si. The van der Waals surface area contributed by atoms with Gasteiger partial charge in [-0.3, -0.25) is 0 Å². The lowest BCUT2D eigenvalue weighted by Crippen LogP contribution is -2.20. The van der Waals surface area contributed by atoms with Gasteiger partial charge in [-0.25, -0.2) is 0 Å².